The third-order valence-corrected chi connectivity index (χ3v) is 3.95. The number of ether oxygens (including phenoxy) is 6. The molecule has 0 aromatic heterocycles. The molecule has 0 saturated carbocycles. The molecule has 0 radical (unpaired) electrons. The van der Waals surface area contributed by atoms with Crippen molar-refractivity contribution in [3.05, 3.63) is 65.7 Å². The van der Waals surface area contributed by atoms with Gasteiger partial charge in [0.05, 0.1) is 32.5 Å². The molecule has 0 fully saturated rings. The fourth-order valence-corrected chi connectivity index (χ4v) is 2.48. The van der Waals surface area contributed by atoms with E-state index in [2.05, 4.69) is 11.8 Å². The molecule has 0 N–H and O–H groups in total. The van der Waals surface area contributed by atoms with Gasteiger partial charge in [-0.15, -0.1) is 0 Å². The van der Waals surface area contributed by atoms with Gasteiger partial charge in [0, 0.05) is 26.2 Å². The molecule has 0 bridgehead atoms. The van der Waals surface area contributed by atoms with Gasteiger partial charge in [-0.3, -0.25) is 0 Å². The first kappa shape index (κ1) is 23.9. The first-order valence-corrected chi connectivity index (χ1v) is 9.82. The number of rotatable bonds is 14. The third kappa shape index (κ3) is 10.4. The molecule has 0 aliphatic heterocycles. The molecule has 162 valence electrons. The molecule has 0 spiro atoms. The molecule has 0 saturated heterocycles. The van der Waals surface area contributed by atoms with E-state index in [1.807, 2.05) is 54.6 Å². The summed E-state index contributed by atoms with van der Waals surface area (Å²) in [6, 6.07) is 17.6. The van der Waals surface area contributed by atoms with Crippen LogP contribution in [0.5, 0.6) is 5.75 Å². The molecular weight excluding hydrogens is 384 g/mol. The largest absolute Gasteiger partial charge is 0.468 e. The van der Waals surface area contributed by atoms with Crippen LogP contribution in [-0.2, 0) is 30.3 Å². The Labute approximate surface area is 179 Å². The molecule has 1 atom stereocenters. The Morgan fingerprint density at radius 2 is 1.67 bits per heavy atom. The maximum absolute atomic E-state index is 5.69. The number of hydrogen-bond donors (Lipinski definition) is 0. The zero-order valence-corrected chi connectivity index (χ0v) is 17.7. The standard InChI is InChI=1S/C24H30O6/c1-25-19-29-23-12-6-10-21(16-23)11-7-13-24(30-20-26-2)18-28-15-14-27-17-22-8-4-3-5-9-22/h3-6,8-10,12,16,24H,13-15,17-20H2,1-2H3/t24-/m0/s1. The lowest BCUT2D eigenvalue weighted by molar-refractivity contribution is -0.0983. The smallest absolute Gasteiger partial charge is 0.188 e. The molecule has 0 amide bonds. The van der Waals surface area contributed by atoms with Crippen LogP contribution in [0, 0.1) is 11.8 Å². The highest BCUT2D eigenvalue weighted by Crippen LogP contribution is 2.12. The molecule has 2 aromatic rings. The van der Waals surface area contributed by atoms with E-state index in [9.17, 15) is 0 Å². The van der Waals surface area contributed by atoms with E-state index in [1.165, 1.54) is 0 Å². The lowest BCUT2D eigenvalue weighted by Crippen LogP contribution is -2.22. The molecule has 2 aromatic carbocycles. The predicted octanol–water partition coefficient (Wildman–Crippen LogP) is 3.63. The van der Waals surface area contributed by atoms with Crippen molar-refractivity contribution in [2.24, 2.45) is 0 Å². The summed E-state index contributed by atoms with van der Waals surface area (Å²) in [5.41, 5.74) is 2.01. The zero-order chi connectivity index (χ0) is 21.3. The van der Waals surface area contributed by atoms with Gasteiger partial charge in [-0.1, -0.05) is 48.2 Å². The first-order valence-electron chi connectivity index (χ1n) is 9.82. The lowest BCUT2D eigenvalue weighted by Gasteiger charge is -2.15. The molecule has 6 heteroatoms. The molecular formula is C24H30O6. The fourth-order valence-electron chi connectivity index (χ4n) is 2.48. The van der Waals surface area contributed by atoms with Crippen molar-refractivity contribution < 1.29 is 28.4 Å². The van der Waals surface area contributed by atoms with Crippen LogP contribution in [0.2, 0.25) is 0 Å². The number of hydrogen-bond acceptors (Lipinski definition) is 6. The molecule has 0 aliphatic rings. The number of methoxy groups -OCH3 is 2. The average molecular weight is 414 g/mol. The van der Waals surface area contributed by atoms with Crippen LogP contribution < -0.4 is 4.74 Å². The summed E-state index contributed by atoms with van der Waals surface area (Å²) in [6.45, 7) is 2.41. The summed E-state index contributed by atoms with van der Waals surface area (Å²) in [5, 5.41) is 0. The van der Waals surface area contributed by atoms with Gasteiger partial charge in [0.1, 0.15) is 12.5 Å². The van der Waals surface area contributed by atoms with Gasteiger partial charge in [0.2, 0.25) is 0 Å². The summed E-state index contributed by atoms with van der Waals surface area (Å²) >= 11 is 0. The Morgan fingerprint density at radius 3 is 2.47 bits per heavy atom. The van der Waals surface area contributed by atoms with Crippen molar-refractivity contribution in [2.45, 2.75) is 19.1 Å². The number of benzene rings is 2. The lowest BCUT2D eigenvalue weighted by atomic mass is 10.2. The molecule has 0 aliphatic carbocycles. The Bertz CT molecular complexity index is 753. The maximum atomic E-state index is 5.69. The van der Waals surface area contributed by atoms with Gasteiger partial charge in [0.15, 0.2) is 6.79 Å². The van der Waals surface area contributed by atoms with E-state index < -0.39 is 0 Å². The minimum absolute atomic E-state index is 0.181. The van der Waals surface area contributed by atoms with Gasteiger partial charge in [0.25, 0.3) is 0 Å². The topological polar surface area (TPSA) is 55.4 Å². The summed E-state index contributed by atoms with van der Waals surface area (Å²) in [4.78, 5) is 0. The van der Waals surface area contributed by atoms with E-state index in [1.54, 1.807) is 14.2 Å². The van der Waals surface area contributed by atoms with E-state index >= 15 is 0 Å². The highest BCUT2D eigenvalue weighted by molar-refractivity contribution is 5.39. The monoisotopic (exact) mass is 414 g/mol. The second-order valence-electron chi connectivity index (χ2n) is 6.39. The van der Waals surface area contributed by atoms with Gasteiger partial charge >= 0.3 is 0 Å². The van der Waals surface area contributed by atoms with Gasteiger partial charge in [-0.2, -0.15) is 0 Å². The van der Waals surface area contributed by atoms with Crippen LogP contribution in [0.25, 0.3) is 0 Å². The second-order valence-corrected chi connectivity index (χ2v) is 6.39. The highest BCUT2D eigenvalue weighted by atomic mass is 16.7. The average Bonchev–Trinajstić information content (AvgIpc) is 2.78. The molecule has 6 nitrogen and oxygen atoms in total. The highest BCUT2D eigenvalue weighted by Gasteiger charge is 2.08. The van der Waals surface area contributed by atoms with Crippen molar-refractivity contribution in [1.29, 1.82) is 0 Å². The van der Waals surface area contributed by atoms with Crippen LogP contribution >= 0.6 is 0 Å². The van der Waals surface area contributed by atoms with Crippen molar-refractivity contribution >= 4 is 0 Å². The molecule has 30 heavy (non-hydrogen) atoms. The summed E-state index contributed by atoms with van der Waals surface area (Å²) < 4.78 is 32.3. The maximum Gasteiger partial charge on any atom is 0.188 e. The molecule has 0 unspecified atom stereocenters. The van der Waals surface area contributed by atoms with Crippen molar-refractivity contribution in [3.63, 3.8) is 0 Å². The second kappa shape index (κ2) is 15.4. The Morgan fingerprint density at radius 1 is 0.867 bits per heavy atom. The van der Waals surface area contributed by atoms with E-state index in [0.717, 1.165) is 16.9 Å². The van der Waals surface area contributed by atoms with Crippen LogP contribution in [0.1, 0.15) is 17.5 Å². The summed E-state index contributed by atoms with van der Waals surface area (Å²) in [7, 11) is 3.17. The van der Waals surface area contributed by atoms with E-state index in [4.69, 9.17) is 28.4 Å². The summed E-state index contributed by atoms with van der Waals surface area (Å²) in [5.74, 6) is 6.98. The Balaban J connectivity index is 1.71. The Hall–Kier alpha value is -2.40. The van der Waals surface area contributed by atoms with Crippen LogP contribution in [0.15, 0.2) is 54.6 Å². The van der Waals surface area contributed by atoms with Crippen molar-refractivity contribution in [3.8, 4) is 17.6 Å². The zero-order valence-electron chi connectivity index (χ0n) is 17.7. The van der Waals surface area contributed by atoms with Crippen LogP contribution in [-0.4, -0.2) is 53.7 Å². The Kier molecular flexibility index (Phi) is 12.3. The van der Waals surface area contributed by atoms with Crippen LogP contribution in [0.3, 0.4) is 0 Å². The van der Waals surface area contributed by atoms with E-state index in [-0.39, 0.29) is 19.7 Å². The fraction of sp³-hybridized carbons (Fsp3) is 0.417. The summed E-state index contributed by atoms with van der Waals surface area (Å²) in [6.07, 6.45) is 0.344. The quantitative estimate of drug-likeness (QED) is 0.267. The molecule has 2 rings (SSSR count). The van der Waals surface area contributed by atoms with Crippen LogP contribution in [0.4, 0.5) is 0 Å². The minimum atomic E-state index is -0.181. The molecule has 0 heterocycles. The normalized spacial score (nSPS) is 11.5. The van der Waals surface area contributed by atoms with E-state index in [0.29, 0.717) is 32.8 Å². The SMILES string of the molecule is COCOc1cccc(C#CC[C@@H](COCCOCc2ccccc2)OCOC)c1. The predicted molar refractivity (Wildman–Crippen MR) is 114 cm³/mol. The van der Waals surface area contributed by atoms with Crippen molar-refractivity contribution in [1.82, 2.24) is 0 Å². The first-order chi connectivity index (χ1) is 14.8. The van der Waals surface area contributed by atoms with Gasteiger partial charge in [-0.25, -0.2) is 0 Å². The van der Waals surface area contributed by atoms with Crippen molar-refractivity contribution in [2.75, 3.05) is 47.6 Å². The minimum Gasteiger partial charge on any atom is -0.468 e. The van der Waals surface area contributed by atoms with Gasteiger partial charge < -0.3 is 28.4 Å². The van der Waals surface area contributed by atoms with Gasteiger partial charge in [-0.05, 0) is 23.8 Å². The third-order valence-electron chi connectivity index (χ3n) is 3.95.